The van der Waals surface area contributed by atoms with Crippen LogP contribution < -0.4 is 11.3 Å². The predicted molar refractivity (Wildman–Crippen MR) is 83.9 cm³/mol. The highest BCUT2D eigenvalue weighted by atomic mass is 16.2. The molecule has 1 aromatic carbocycles. The Bertz CT molecular complexity index is 815. The van der Waals surface area contributed by atoms with Gasteiger partial charge in [0.1, 0.15) is 5.41 Å². The van der Waals surface area contributed by atoms with Crippen LogP contribution in [-0.2, 0) is 15.6 Å². The Hall–Kier alpha value is -2.01. The highest BCUT2D eigenvalue weighted by molar-refractivity contribution is 5.92. The van der Waals surface area contributed by atoms with Gasteiger partial charge in [0.25, 0.3) is 0 Å². The average Bonchev–Trinajstić information content (AvgIpc) is 2.81. The number of amides is 1. The summed E-state index contributed by atoms with van der Waals surface area (Å²) in [7, 11) is 0. The van der Waals surface area contributed by atoms with Gasteiger partial charge in [0.05, 0.1) is 22.4 Å². The fourth-order valence-corrected chi connectivity index (χ4v) is 4.67. The van der Waals surface area contributed by atoms with E-state index in [1.807, 2.05) is 24.3 Å². The van der Waals surface area contributed by atoms with Gasteiger partial charge in [-0.15, -0.1) is 0 Å². The Morgan fingerprint density at radius 1 is 1.09 bits per heavy atom. The fraction of sp³-hybridized carbons (Fsp3) is 0.471. The molecular weight excluding hydrogens is 276 g/mol. The summed E-state index contributed by atoms with van der Waals surface area (Å²) >= 11 is 0. The number of nitrogens with one attached hydrogen (secondary N) is 1. The quantitative estimate of drug-likeness (QED) is 0.479. The first-order valence-corrected chi connectivity index (χ1v) is 7.67. The number of para-hydroxylation sites is 2. The lowest BCUT2D eigenvalue weighted by molar-refractivity contribution is -0.130. The third-order valence-corrected chi connectivity index (χ3v) is 6.46. The van der Waals surface area contributed by atoms with Gasteiger partial charge in [0.2, 0.25) is 5.91 Å². The second-order valence-corrected chi connectivity index (χ2v) is 7.25. The zero-order valence-corrected chi connectivity index (χ0v) is 13.1. The molecule has 2 atom stereocenters. The van der Waals surface area contributed by atoms with Crippen LogP contribution in [0, 0.1) is 5.41 Å². The molecule has 0 spiro atoms. The molecule has 0 saturated heterocycles. The molecule has 2 aromatic rings. The predicted octanol–water partition coefficient (Wildman–Crippen LogP) is 1.95. The van der Waals surface area contributed by atoms with E-state index in [1.54, 1.807) is 0 Å². The fourth-order valence-electron chi connectivity index (χ4n) is 4.67. The van der Waals surface area contributed by atoms with Crippen LogP contribution in [0.4, 0.5) is 0 Å². The molecule has 5 nitrogen and oxygen atoms in total. The minimum Gasteiger partial charge on any atom is -0.293 e. The maximum Gasteiger partial charge on any atom is 0.246 e. The van der Waals surface area contributed by atoms with Gasteiger partial charge in [-0.05, 0) is 30.4 Å². The SMILES string of the molecule is CC1(C)[C@@]2(C)CC[C@]1(C(=O)NN)c1nc3ccccc3nc12. The number of hydrogen-bond acceptors (Lipinski definition) is 4. The highest BCUT2D eigenvalue weighted by Crippen LogP contribution is 2.70. The molecule has 1 amide bonds. The lowest BCUT2D eigenvalue weighted by Crippen LogP contribution is -2.53. The number of aromatic nitrogens is 2. The van der Waals surface area contributed by atoms with Gasteiger partial charge in [0, 0.05) is 5.41 Å². The number of hydrogen-bond donors (Lipinski definition) is 2. The summed E-state index contributed by atoms with van der Waals surface area (Å²) < 4.78 is 0. The molecule has 0 radical (unpaired) electrons. The van der Waals surface area contributed by atoms with Gasteiger partial charge in [-0.25, -0.2) is 15.8 Å². The van der Waals surface area contributed by atoms with Gasteiger partial charge in [0.15, 0.2) is 0 Å². The second kappa shape index (κ2) is 3.84. The molecule has 2 aliphatic rings. The van der Waals surface area contributed by atoms with E-state index in [0.717, 1.165) is 35.3 Å². The largest absolute Gasteiger partial charge is 0.293 e. The summed E-state index contributed by atoms with van der Waals surface area (Å²) in [6.45, 7) is 6.49. The van der Waals surface area contributed by atoms with E-state index >= 15 is 0 Å². The zero-order chi connectivity index (χ0) is 15.8. The molecule has 3 N–H and O–H groups in total. The van der Waals surface area contributed by atoms with E-state index in [4.69, 9.17) is 15.8 Å². The van der Waals surface area contributed by atoms with Crippen molar-refractivity contribution in [3.63, 3.8) is 0 Å². The van der Waals surface area contributed by atoms with Gasteiger partial charge < -0.3 is 0 Å². The molecule has 2 aliphatic carbocycles. The van der Waals surface area contributed by atoms with Crippen molar-refractivity contribution >= 4 is 16.9 Å². The summed E-state index contributed by atoms with van der Waals surface area (Å²) in [5, 5.41) is 0. The van der Waals surface area contributed by atoms with Crippen LogP contribution in [0.2, 0.25) is 0 Å². The Balaban J connectivity index is 2.12. The van der Waals surface area contributed by atoms with Crippen molar-refractivity contribution in [3.05, 3.63) is 35.7 Å². The van der Waals surface area contributed by atoms with Gasteiger partial charge in [-0.1, -0.05) is 32.9 Å². The van der Waals surface area contributed by atoms with Crippen LogP contribution in [0.25, 0.3) is 11.0 Å². The third kappa shape index (κ3) is 1.19. The number of fused-ring (bicyclic) bond motifs is 6. The normalized spacial score (nSPS) is 31.3. The maximum atomic E-state index is 12.7. The van der Waals surface area contributed by atoms with E-state index in [1.165, 1.54) is 0 Å². The van der Waals surface area contributed by atoms with Gasteiger partial charge >= 0.3 is 0 Å². The Labute approximate surface area is 129 Å². The Morgan fingerprint density at radius 2 is 1.68 bits per heavy atom. The van der Waals surface area contributed by atoms with Crippen LogP contribution in [0.5, 0.6) is 0 Å². The molecule has 1 heterocycles. The summed E-state index contributed by atoms with van der Waals surface area (Å²) in [6, 6.07) is 7.82. The van der Waals surface area contributed by atoms with Crippen LogP contribution >= 0.6 is 0 Å². The number of nitrogens with zero attached hydrogens (tertiary/aromatic N) is 2. The van der Waals surface area contributed by atoms with Crippen molar-refractivity contribution in [2.45, 2.75) is 44.4 Å². The van der Waals surface area contributed by atoms with Gasteiger partial charge in [-0.2, -0.15) is 0 Å². The number of carbonyl (C=O) groups is 1. The highest BCUT2D eigenvalue weighted by Gasteiger charge is 2.73. The van der Waals surface area contributed by atoms with Crippen molar-refractivity contribution in [1.82, 2.24) is 15.4 Å². The Kier molecular flexibility index (Phi) is 2.38. The summed E-state index contributed by atoms with van der Waals surface area (Å²) in [5.74, 6) is 5.37. The Morgan fingerprint density at radius 3 is 2.27 bits per heavy atom. The number of benzene rings is 1. The van der Waals surface area contributed by atoms with Crippen LogP contribution in [0.3, 0.4) is 0 Å². The van der Waals surface area contributed by atoms with Crippen LogP contribution in [0.1, 0.15) is 45.0 Å². The van der Waals surface area contributed by atoms with Crippen molar-refractivity contribution in [2.75, 3.05) is 0 Å². The van der Waals surface area contributed by atoms with E-state index in [0.29, 0.717) is 0 Å². The van der Waals surface area contributed by atoms with E-state index in [-0.39, 0.29) is 16.7 Å². The van der Waals surface area contributed by atoms with Crippen molar-refractivity contribution < 1.29 is 4.79 Å². The summed E-state index contributed by atoms with van der Waals surface area (Å²) in [5.41, 5.74) is 4.74. The standard InChI is InChI=1S/C17H20N4O/c1-15(2)16(3)8-9-17(15,14(22)21-18)13-12(16)19-10-6-4-5-7-11(10)20-13/h4-7H,8-9,18H2,1-3H3,(H,21,22)/t16-,17+/m0/s1. The first-order chi connectivity index (χ1) is 10.4. The maximum absolute atomic E-state index is 12.7. The molecule has 1 fully saturated rings. The van der Waals surface area contributed by atoms with Crippen molar-refractivity contribution in [3.8, 4) is 0 Å². The van der Waals surface area contributed by atoms with Crippen molar-refractivity contribution in [1.29, 1.82) is 0 Å². The lowest BCUT2D eigenvalue weighted by Gasteiger charge is -2.39. The number of nitrogens with two attached hydrogens (primary N) is 1. The molecule has 4 rings (SSSR count). The molecule has 1 saturated carbocycles. The minimum absolute atomic E-state index is 0.149. The van der Waals surface area contributed by atoms with E-state index < -0.39 is 5.41 Å². The monoisotopic (exact) mass is 296 g/mol. The average molecular weight is 296 g/mol. The molecule has 114 valence electrons. The second-order valence-electron chi connectivity index (χ2n) is 7.25. The molecule has 2 bridgehead atoms. The van der Waals surface area contributed by atoms with E-state index in [2.05, 4.69) is 26.2 Å². The number of carbonyl (C=O) groups excluding carboxylic acids is 1. The minimum atomic E-state index is -0.692. The lowest BCUT2D eigenvalue weighted by atomic mass is 9.63. The molecular formula is C17H20N4O. The molecule has 1 aromatic heterocycles. The zero-order valence-electron chi connectivity index (χ0n) is 13.1. The first-order valence-electron chi connectivity index (χ1n) is 7.67. The summed E-state index contributed by atoms with van der Waals surface area (Å²) in [4.78, 5) is 22.5. The first kappa shape index (κ1) is 13.6. The summed E-state index contributed by atoms with van der Waals surface area (Å²) in [6.07, 6.45) is 1.69. The molecule has 0 unspecified atom stereocenters. The van der Waals surface area contributed by atoms with Crippen LogP contribution in [-0.4, -0.2) is 15.9 Å². The van der Waals surface area contributed by atoms with Gasteiger partial charge in [-0.3, -0.25) is 10.2 Å². The molecule has 0 aliphatic heterocycles. The topological polar surface area (TPSA) is 80.9 Å². The third-order valence-electron chi connectivity index (χ3n) is 6.46. The number of hydrazine groups is 1. The van der Waals surface area contributed by atoms with Crippen LogP contribution in [0.15, 0.2) is 24.3 Å². The molecule has 22 heavy (non-hydrogen) atoms. The van der Waals surface area contributed by atoms with E-state index in [9.17, 15) is 4.79 Å². The molecule has 5 heteroatoms. The van der Waals surface area contributed by atoms with Crippen molar-refractivity contribution in [2.24, 2.45) is 11.3 Å². The number of rotatable bonds is 1. The smallest absolute Gasteiger partial charge is 0.246 e.